The number of ether oxygens (including phenoxy) is 1. The van der Waals surface area contributed by atoms with E-state index >= 15 is 0 Å². The first-order chi connectivity index (χ1) is 16.5. The number of hydrogen-bond acceptors (Lipinski definition) is 6. The Labute approximate surface area is 201 Å². The van der Waals surface area contributed by atoms with Gasteiger partial charge in [-0.2, -0.15) is 0 Å². The molecule has 0 saturated carbocycles. The van der Waals surface area contributed by atoms with E-state index in [1.807, 2.05) is 0 Å². The van der Waals surface area contributed by atoms with E-state index in [-0.39, 0.29) is 35.1 Å². The largest absolute Gasteiger partial charge is 0.471 e. The van der Waals surface area contributed by atoms with Gasteiger partial charge in [0.15, 0.2) is 5.02 Å². The minimum atomic E-state index is -1.78. The average Bonchev–Trinajstić information content (AvgIpc) is 3.11. The second-order valence-corrected chi connectivity index (χ2v) is 8.68. The zero-order chi connectivity index (χ0) is 25.5. The van der Waals surface area contributed by atoms with Crippen LogP contribution in [0.5, 0.6) is 5.88 Å². The van der Waals surface area contributed by atoms with Crippen LogP contribution >= 0.6 is 11.6 Å². The van der Waals surface area contributed by atoms with Gasteiger partial charge in [0, 0.05) is 11.6 Å². The Kier molecular flexibility index (Phi) is 6.30. The Bertz CT molecular complexity index is 1570. The van der Waals surface area contributed by atoms with E-state index in [0.717, 1.165) is 10.6 Å². The quantitative estimate of drug-likeness (QED) is 0.417. The summed E-state index contributed by atoms with van der Waals surface area (Å²) in [6.07, 6.45) is 1.18. The zero-order valence-corrected chi connectivity index (χ0v) is 19.3. The molecule has 0 amide bonds. The third-order valence-corrected chi connectivity index (χ3v) is 5.48. The second kappa shape index (κ2) is 9.08. The van der Waals surface area contributed by atoms with Gasteiger partial charge in [-0.25, -0.2) is 23.1 Å². The van der Waals surface area contributed by atoms with Crippen molar-refractivity contribution < 1.29 is 23.4 Å². The summed E-state index contributed by atoms with van der Waals surface area (Å²) >= 11 is 6.11. The second-order valence-electron chi connectivity index (χ2n) is 8.30. The van der Waals surface area contributed by atoms with Gasteiger partial charge >= 0.3 is 5.69 Å². The maximum atomic E-state index is 13.8. The van der Waals surface area contributed by atoms with Crippen LogP contribution in [0.1, 0.15) is 29.8 Å². The molecule has 12 heteroatoms. The fraction of sp³-hybridized carbons (Fsp3) is 0.217. The number of nitrogens with zero attached hydrogens (tertiary/aromatic N) is 3. The van der Waals surface area contributed by atoms with Crippen LogP contribution in [0.15, 0.2) is 52.3 Å². The van der Waals surface area contributed by atoms with Gasteiger partial charge in [0.1, 0.15) is 30.2 Å². The molecule has 0 bridgehead atoms. The summed E-state index contributed by atoms with van der Waals surface area (Å²) in [6.45, 7) is 2.21. The van der Waals surface area contributed by atoms with E-state index in [1.54, 1.807) is 12.1 Å². The van der Waals surface area contributed by atoms with Gasteiger partial charge in [-0.3, -0.25) is 14.2 Å². The van der Waals surface area contributed by atoms with Crippen LogP contribution in [-0.4, -0.2) is 35.7 Å². The predicted molar refractivity (Wildman–Crippen MR) is 123 cm³/mol. The highest BCUT2D eigenvalue weighted by atomic mass is 35.5. The van der Waals surface area contributed by atoms with Crippen LogP contribution in [0, 0.1) is 11.6 Å². The summed E-state index contributed by atoms with van der Waals surface area (Å²) in [5.74, 6) is -2.57. The summed E-state index contributed by atoms with van der Waals surface area (Å²) in [4.78, 5) is 44.1. The number of benzene rings is 2. The van der Waals surface area contributed by atoms with Crippen molar-refractivity contribution in [1.29, 1.82) is 0 Å². The Balaban J connectivity index is 1.60. The van der Waals surface area contributed by atoms with Gasteiger partial charge in [-0.05, 0) is 43.7 Å². The van der Waals surface area contributed by atoms with E-state index in [1.165, 1.54) is 36.9 Å². The summed E-state index contributed by atoms with van der Waals surface area (Å²) < 4.78 is 34.2. The number of aromatic nitrogens is 4. The van der Waals surface area contributed by atoms with E-state index in [2.05, 4.69) is 9.97 Å². The third kappa shape index (κ3) is 4.86. The van der Waals surface area contributed by atoms with E-state index in [0.29, 0.717) is 17.1 Å². The summed E-state index contributed by atoms with van der Waals surface area (Å²) in [6, 6.07) is 7.72. The first-order valence-electron chi connectivity index (χ1n) is 10.3. The van der Waals surface area contributed by atoms with Crippen molar-refractivity contribution in [2.24, 2.45) is 0 Å². The summed E-state index contributed by atoms with van der Waals surface area (Å²) in [5, 5.41) is 9.70. The number of carbonyl (C=O) groups excluding carboxylic acids is 1. The summed E-state index contributed by atoms with van der Waals surface area (Å²) in [7, 11) is 0. The molecule has 4 aromatic rings. The minimum Gasteiger partial charge on any atom is -0.471 e. The van der Waals surface area contributed by atoms with Crippen LogP contribution in [0.25, 0.3) is 11.0 Å². The van der Waals surface area contributed by atoms with Gasteiger partial charge in [0.2, 0.25) is 5.88 Å². The van der Waals surface area contributed by atoms with Gasteiger partial charge in [-0.1, -0.05) is 17.7 Å². The lowest BCUT2D eigenvalue weighted by molar-refractivity contribution is 0.0393. The molecule has 2 aromatic heterocycles. The number of halogens is 3. The molecule has 0 radical (unpaired) electrons. The van der Waals surface area contributed by atoms with Crippen molar-refractivity contribution in [3.8, 4) is 5.88 Å². The smallest absolute Gasteiger partial charge is 0.333 e. The Morgan fingerprint density at radius 1 is 1.20 bits per heavy atom. The Hall–Kier alpha value is -3.83. The maximum absolute atomic E-state index is 13.8. The topological polar surface area (TPSA) is 119 Å². The molecule has 2 heterocycles. The maximum Gasteiger partial charge on any atom is 0.333 e. The van der Waals surface area contributed by atoms with E-state index < -0.39 is 34.4 Å². The van der Waals surface area contributed by atoms with E-state index in [4.69, 9.17) is 16.3 Å². The number of nitrogens with one attached hydrogen (secondary N) is 1. The zero-order valence-electron chi connectivity index (χ0n) is 18.5. The minimum absolute atomic E-state index is 0.00948. The van der Waals surface area contributed by atoms with Crippen molar-refractivity contribution in [2.75, 3.05) is 0 Å². The molecule has 0 aliphatic carbocycles. The molecule has 0 unspecified atom stereocenters. The van der Waals surface area contributed by atoms with Crippen molar-refractivity contribution >= 4 is 28.5 Å². The van der Waals surface area contributed by atoms with Crippen molar-refractivity contribution in [3.63, 3.8) is 0 Å². The molecule has 9 nitrogen and oxygen atoms in total. The van der Waals surface area contributed by atoms with Crippen molar-refractivity contribution in [2.45, 2.75) is 32.6 Å². The first-order valence-corrected chi connectivity index (χ1v) is 10.7. The number of fused-ring (bicyclic) bond motifs is 1. The van der Waals surface area contributed by atoms with Crippen LogP contribution in [0.4, 0.5) is 8.78 Å². The standard InChI is InChI=1S/C23H19ClF2N4O5/c1-23(2,34)21(32)30-17-7-12(3-6-16(17)28-22(30)33)9-29-11-27-19(18(24)20(29)31)35-10-13-4-5-14(25)8-15(13)26/h3-8,11,34H,9-10H2,1-2H3,(H,28,33). The normalized spacial score (nSPS) is 11.7. The molecule has 35 heavy (non-hydrogen) atoms. The molecular formula is C23H19ClF2N4O5. The van der Waals surface area contributed by atoms with Crippen molar-refractivity contribution in [1.82, 2.24) is 19.1 Å². The molecule has 0 spiro atoms. The van der Waals surface area contributed by atoms with Crippen LogP contribution in [0.2, 0.25) is 5.02 Å². The molecule has 182 valence electrons. The van der Waals surface area contributed by atoms with Crippen LogP contribution in [0.3, 0.4) is 0 Å². The number of imidazole rings is 1. The number of aliphatic hydroxyl groups is 1. The van der Waals surface area contributed by atoms with Crippen LogP contribution in [-0.2, 0) is 13.2 Å². The highest BCUT2D eigenvalue weighted by molar-refractivity contribution is 6.31. The van der Waals surface area contributed by atoms with Gasteiger partial charge in [0.05, 0.1) is 17.6 Å². The fourth-order valence-electron chi connectivity index (χ4n) is 3.37. The molecule has 0 atom stereocenters. The van der Waals surface area contributed by atoms with Gasteiger partial charge < -0.3 is 14.8 Å². The number of rotatable bonds is 6. The van der Waals surface area contributed by atoms with Crippen LogP contribution < -0.4 is 16.0 Å². The SMILES string of the molecule is CC(C)(O)C(=O)n1c(=O)[nH]c2ccc(Cn3cnc(OCc4ccc(F)cc4F)c(Cl)c3=O)cc21. The first kappa shape index (κ1) is 24.3. The number of carbonyl (C=O) groups is 1. The highest BCUT2D eigenvalue weighted by Crippen LogP contribution is 2.20. The monoisotopic (exact) mass is 504 g/mol. The Morgan fingerprint density at radius 3 is 2.63 bits per heavy atom. The van der Waals surface area contributed by atoms with Gasteiger partial charge in [-0.15, -0.1) is 0 Å². The number of hydrogen-bond donors (Lipinski definition) is 2. The lowest BCUT2D eigenvalue weighted by Crippen LogP contribution is -2.40. The fourth-order valence-corrected chi connectivity index (χ4v) is 3.58. The lowest BCUT2D eigenvalue weighted by Gasteiger charge is -2.15. The van der Waals surface area contributed by atoms with Crippen molar-refractivity contribution in [3.05, 3.63) is 91.3 Å². The molecule has 0 fully saturated rings. The molecular weight excluding hydrogens is 486 g/mol. The highest BCUT2D eigenvalue weighted by Gasteiger charge is 2.28. The summed E-state index contributed by atoms with van der Waals surface area (Å²) in [5.41, 5.74) is -1.93. The molecule has 4 rings (SSSR count). The average molecular weight is 505 g/mol. The Morgan fingerprint density at radius 2 is 1.94 bits per heavy atom. The molecule has 0 aliphatic rings. The molecule has 0 aliphatic heterocycles. The van der Waals surface area contributed by atoms with E-state index in [9.17, 15) is 28.3 Å². The lowest BCUT2D eigenvalue weighted by atomic mass is 10.1. The van der Waals surface area contributed by atoms with Gasteiger partial charge in [0.25, 0.3) is 11.5 Å². The molecule has 2 N–H and O–H groups in total. The molecule has 0 saturated heterocycles. The molecule has 2 aromatic carbocycles. The predicted octanol–water partition coefficient (Wildman–Crippen LogP) is 2.86. The number of aromatic amines is 1. The third-order valence-electron chi connectivity index (χ3n) is 5.16. The number of H-pyrrole nitrogens is 1.